The summed E-state index contributed by atoms with van der Waals surface area (Å²) in [6.45, 7) is 1.88. The van der Waals surface area contributed by atoms with E-state index in [-0.39, 0.29) is 29.0 Å². The molecule has 1 amide bonds. The van der Waals surface area contributed by atoms with Crippen molar-refractivity contribution in [3.63, 3.8) is 0 Å². The molecule has 0 spiro atoms. The van der Waals surface area contributed by atoms with E-state index in [1.54, 1.807) is 13.1 Å². The van der Waals surface area contributed by atoms with Crippen LogP contribution in [-0.2, 0) is 0 Å². The Kier molecular flexibility index (Phi) is 4.03. The molecule has 5 heteroatoms. The maximum atomic E-state index is 12.4. The predicted molar refractivity (Wildman–Crippen MR) is 81.1 cm³/mol. The quantitative estimate of drug-likeness (QED) is 0.757. The van der Waals surface area contributed by atoms with E-state index >= 15 is 0 Å². The second kappa shape index (κ2) is 5.75. The number of carbonyl (C=O) groups excluding carboxylic acids is 1. The fraction of sp³-hybridized carbons (Fsp3) is 0.188. The van der Waals surface area contributed by atoms with E-state index in [0.717, 1.165) is 5.56 Å². The standard InChI is InChI=1S/C16H18N2O3/c1-10(11-4-3-5-13(17)6-11)18(2)16(21)12-7-14(19)9-15(20)8-12/h3-10,19-20H,17H2,1-2H3. The zero-order valence-corrected chi connectivity index (χ0v) is 11.9. The molecule has 0 aromatic heterocycles. The van der Waals surface area contributed by atoms with Crippen molar-refractivity contribution in [3.05, 3.63) is 53.6 Å². The van der Waals surface area contributed by atoms with Crippen LogP contribution in [0, 0.1) is 0 Å². The van der Waals surface area contributed by atoms with Crippen LogP contribution >= 0.6 is 0 Å². The fourth-order valence-electron chi connectivity index (χ4n) is 2.14. The third-order valence-electron chi connectivity index (χ3n) is 3.44. The Balaban J connectivity index is 2.26. The van der Waals surface area contributed by atoms with Crippen molar-refractivity contribution < 1.29 is 15.0 Å². The number of benzene rings is 2. The Hall–Kier alpha value is -2.69. The summed E-state index contributed by atoms with van der Waals surface area (Å²) >= 11 is 0. The minimum Gasteiger partial charge on any atom is -0.508 e. The first-order valence-electron chi connectivity index (χ1n) is 6.54. The van der Waals surface area contributed by atoms with Crippen molar-refractivity contribution in [2.75, 3.05) is 12.8 Å². The average molecular weight is 286 g/mol. The lowest BCUT2D eigenvalue weighted by Crippen LogP contribution is -2.29. The summed E-state index contributed by atoms with van der Waals surface area (Å²) in [6.07, 6.45) is 0. The molecule has 0 heterocycles. The Morgan fingerprint density at radius 1 is 1.14 bits per heavy atom. The lowest BCUT2D eigenvalue weighted by atomic mass is 10.1. The molecule has 0 saturated carbocycles. The number of phenols is 2. The van der Waals surface area contributed by atoms with E-state index in [9.17, 15) is 15.0 Å². The monoisotopic (exact) mass is 286 g/mol. The molecule has 0 aliphatic carbocycles. The highest BCUT2D eigenvalue weighted by Gasteiger charge is 2.20. The number of aromatic hydroxyl groups is 2. The van der Waals surface area contributed by atoms with Crippen LogP contribution in [0.5, 0.6) is 11.5 Å². The van der Waals surface area contributed by atoms with Gasteiger partial charge >= 0.3 is 0 Å². The molecule has 4 N–H and O–H groups in total. The zero-order valence-electron chi connectivity index (χ0n) is 11.9. The summed E-state index contributed by atoms with van der Waals surface area (Å²) in [5, 5.41) is 18.9. The van der Waals surface area contributed by atoms with Gasteiger partial charge in [0.1, 0.15) is 11.5 Å². The van der Waals surface area contributed by atoms with E-state index in [0.29, 0.717) is 5.69 Å². The highest BCUT2D eigenvalue weighted by molar-refractivity contribution is 5.95. The lowest BCUT2D eigenvalue weighted by molar-refractivity contribution is 0.0742. The molecular weight excluding hydrogens is 268 g/mol. The van der Waals surface area contributed by atoms with E-state index in [1.165, 1.54) is 23.1 Å². The van der Waals surface area contributed by atoms with Gasteiger partial charge in [-0.15, -0.1) is 0 Å². The number of anilines is 1. The predicted octanol–water partition coefficient (Wildman–Crippen LogP) is 2.51. The molecule has 0 radical (unpaired) electrons. The first-order valence-corrected chi connectivity index (χ1v) is 6.54. The van der Waals surface area contributed by atoms with Gasteiger partial charge in [0.15, 0.2) is 0 Å². The van der Waals surface area contributed by atoms with Gasteiger partial charge in [0.05, 0.1) is 6.04 Å². The number of phenolic OH excluding ortho intramolecular Hbond substituents is 2. The Morgan fingerprint density at radius 2 is 1.76 bits per heavy atom. The van der Waals surface area contributed by atoms with E-state index < -0.39 is 0 Å². The summed E-state index contributed by atoms with van der Waals surface area (Å²) in [5.74, 6) is -0.595. The molecule has 0 aliphatic rings. The minimum atomic E-state index is -0.295. The van der Waals surface area contributed by atoms with Gasteiger partial charge < -0.3 is 20.8 Å². The highest BCUT2D eigenvalue weighted by atomic mass is 16.3. The Morgan fingerprint density at radius 3 is 2.33 bits per heavy atom. The van der Waals surface area contributed by atoms with Crippen molar-refractivity contribution in [2.45, 2.75) is 13.0 Å². The summed E-state index contributed by atoms with van der Waals surface area (Å²) in [4.78, 5) is 14.0. The molecule has 2 aromatic rings. The maximum absolute atomic E-state index is 12.4. The van der Waals surface area contributed by atoms with Gasteiger partial charge in [0.25, 0.3) is 5.91 Å². The van der Waals surface area contributed by atoms with Crippen LogP contribution in [-0.4, -0.2) is 28.1 Å². The van der Waals surface area contributed by atoms with Crippen LogP contribution in [0.1, 0.15) is 28.9 Å². The SMILES string of the molecule is CC(c1cccc(N)c1)N(C)C(=O)c1cc(O)cc(O)c1. The number of nitrogens with two attached hydrogens (primary N) is 1. The largest absolute Gasteiger partial charge is 0.508 e. The highest BCUT2D eigenvalue weighted by Crippen LogP contribution is 2.25. The number of carbonyl (C=O) groups is 1. The number of nitrogens with zero attached hydrogens (tertiary/aromatic N) is 1. The van der Waals surface area contributed by atoms with Gasteiger partial charge in [-0.25, -0.2) is 0 Å². The van der Waals surface area contributed by atoms with Crippen LogP contribution in [0.25, 0.3) is 0 Å². The Bertz CT molecular complexity index is 650. The van der Waals surface area contributed by atoms with Crippen molar-refractivity contribution in [1.29, 1.82) is 0 Å². The summed E-state index contributed by atoms with van der Waals surface area (Å²) in [7, 11) is 1.66. The molecular formula is C16H18N2O3. The minimum absolute atomic E-state index is 0.150. The van der Waals surface area contributed by atoms with Gasteiger partial charge in [-0.1, -0.05) is 12.1 Å². The van der Waals surface area contributed by atoms with E-state index in [1.807, 2.05) is 25.1 Å². The van der Waals surface area contributed by atoms with Crippen LogP contribution < -0.4 is 5.73 Å². The molecule has 2 aromatic carbocycles. The zero-order chi connectivity index (χ0) is 15.6. The molecule has 5 nitrogen and oxygen atoms in total. The van der Waals surface area contributed by atoms with Crippen LogP contribution in [0.15, 0.2) is 42.5 Å². The molecule has 0 fully saturated rings. The second-order valence-corrected chi connectivity index (χ2v) is 5.00. The first-order chi connectivity index (χ1) is 9.88. The molecule has 2 rings (SSSR count). The normalized spacial score (nSPS) is 11.9. The third kappa shape index (κ3) is 3.25. The van der Waals surface area contributed by atoms with E-state index in [4.69, 9.17) is 5.73 Å². The van der Waals surface area contributed by atoms with Gasteiger partial charge in [0.2, 0.25) is 0 Å². The number of nitrogen functional groups attached to an aromatic ring is 1. The number of amides is 1. The molecule has 0 bridgehead atoms. The first kappa shape index (κ1) is 14.7. The average Bonchev–Trinajstić information content (AvgIpc) is 2.44. The lowest BCUT2D eigenvalue weighted by Gasteiger charge is -2.25. The summed E-state index contributed by atoms with van der Waals surface area (Å²) in [5.41, 5.74) is 7.53. The van der Waals surface area contributed by atoms with Crippen molar-refractivity contribution >= 4 is 11.6 Å². The van der Waals surface area contributed by atoms with Crippen molar-refractivity contribution in [3.8, 4) is 11.5 Å². The van der Waals surface area contributed by atoms with Gasteiger partial charge in [-0.05, 0) is 36.8 Å². The van der Waals surface area contributed by atoms with E-state index in [2.05, 4.69) is 0 Å². The van der Waals surface area contributed by atoms with Crippen molar-refractivity contribution in [2.24, 2.45) is 0 Å². The van der Waals surface area contributed by atoms with Gasteiger partial charge in [-0.3, -0.25) is 4.79 Å². The second-order valence-electron chi connectivity index (χ2n) is 5.00. The summed E-state index contributed by atoms with van der Waals surface area (Å²) < 4.78 is 0. The smallest absolute Gasteiger partial charge is 0.254 e. The number of hydrogen-bond donors (Lipinski definition) is 3. The van der Waals surface area contributed by atoms with Crippen LogP contribution in [0.4, 0.5) is 5.69 Å². The molecule has 21 heavy (non-hydrogen) atoms. The van der Waals surface area contributed by atoms with Gasteiger partial charge in [0, 0.05) is 24.4 Å². The molecule has 1 unspecified atom stereocenters. The summed E-state index contributed by atoms with van der Waals surface area (Å²) in [6, 6.07) is 11.0. The van der Waals surface area contributed by atoms with Crippen LogP contribution in [0.3, 0.4) is 0 Å². The molecule has 0 saturated heterocycles. The van der Waals surface area contributed by atoms with Crippen molar-refractivity contribution in [1.82, 2.24) is 4.90 Å². The molecule has 0 aliphatic heterocycles. The third-order valence-corrected chi connectivity index (χ3v) is 3.44. The van der Waals surface area contributed by atoms with Crippen LogP contribution in [0.2, 0.25) is 0 Å². The maximum Gasteiger partial charge on any atom is 0.254 e. The number of hydrogen-bond acceptors (Lipinski definition) is 4. The fourth-order valence-corrected chi connectivity index (χ4v) is 2.14. The molecule has 1 atom stereocenters. The Labute approximate surface area is 123 Å². The van der Waals surface area contributed by atoms with Gasteiger partial charge in [-0.2, -0.15) is 0 Å². The number of rotatable bonds is 3. The molecule has 110 valence electrons. The topological polar surface area (TPSA) is 86.8 Å².